The smallest absolute Gasteiger partial charge is 0.127 e. The van der Waals surface area contributed by atoms with E-state index < -0.39 is 0 Å². The lowest BCUT2D eigenvalue weighted by Crippen LogP contribution is -2.36. The number of rotatable bonds is 4. The van der Waals surface area contributed by atoms with E-state index in [1.807, 2.05) is 12.1 Å². The molecule has 2 atom stereocenters. The summed E-state index contributed by atoms with van der Waals surface area (Å²) in [6.45, 7) is 5.91. The Balaban J connectivity index is 1.68. The molecule has 3 rings (SSSR count). The molecule has 2 fully saturated rings. The zero-order valence-corrected chi connectivity index (χ0v) is 13.0. The molecule has 2 saturated heterocycles. The van der Waals surface area contributed by atoms with Crippen LogP contribution in [0.25, 0.3) is 0 Å². The Bertz CT molecular complexity index is 495. The van der Waals surface area contributed by atoms with E-state index in [9.17, 15) is 4.39 Å². The van der Waals surface area contributed by atoms with Crippen molar-refractivity contribution < 1.29 is 9.13 Å². The van der Waals surface area contributed by atoms with Crippen molar-refractivity contribution in [1.82, 2.24) is 9.80 Å². The summed E-state index contributed by atoms with van der Waals surface area (Å²) in [4.78, 5) is 4.82. The van der Waals surface area contributed by atoms with Gasteiger partial charge in [0, 0.05) is 50.2 Å². The van der Waals surface area contributed by atoms with Gasteiger partial charge in [-0.3, -0.25) is 4.90 Å². The van der Waals surface area contributed by atoms with Gasteiger partial charge >= 0.3 is 0 Å². The molecule has 1 aromatic carbocycles. The third kappa shape index (κ3) is 2.98. The lowest BCUT2D eigenvalue weighted by molar-refractivity contribution is 0.0958. The van der Waals surface area contributed by atoms with Crippen LogP contribution in [0.2, 0.25) is 0 Å². The van der Waals surface area contributed by atoms with E-state index in [0.29, 0.717) is 11.3 Å². The molecule has 0 N–H and O–H groups in total. The second kappa shape index (κ2) is 6.03. The Hall–Kier alpha value is -0.970. The van der Waals surface area contributed by atoms with Crippen molar-refractivity contribution in [1.29, 1.82) is 0 Å². The summed E-state index contributed by atoms with van der Waals surface area (Å²) in [6.07, 6.45) is 1.19. The van der Waals surface area contributed by atoms with Crippen LogP contribution >= 0.6 is 0 Å². The van der Waals surface area contributed by atoms with E-state index in [2.05, 4.69) is 16.8 Å². The molecule has 0 aliphatic carbocycles. The molecule has 2 aliphatic rings. The Kier molecular flexibility index (Phi) is 4.29. The van der Waals surface area contributed by atoms with Gasteiger partial charge in [0.25, 0.3) is 0 Å². The van der Waals surface area contributed by atoms with Crippen LogP contribution in [0.5, 0.6) is 0 Å². The van der Waals surface area contributed by atoms with Gasteiger partial charge in [-0.05, 0) is 26.1 Å². The normalized spacial score (nSPS) is 30.5. The molecule has 1 aromatic rings. The van der Waals surface area contributed by atoms with Crippen molar-refractivity contribution >= 4 is 0 Å². The molecule has 3 nitrogen and oxygen atoms in total. The van der Waals surface area contributed by atoms with Gasteiger partial charge in [-0.1, -0.05) is 18.2 Å². The number of likely N-dealkylation sites (tertiary alicyclic amines) is 2. The molecule has 0 radical (unpaired) electrons. The fourth-order valence-corrected chi connectivity index (χ4v) is 4.18. The highest BCUT2D eigenvalue weighted by atomic mass is 19.1. The molecule has 2 aliphatic heterocycles. The van der Waals surface area contributed by atoms with Crippen molar-refractivity contribution in [2.45, 2.75) is 13.0 Å². The Morgan fingerprint density at radius 3 is 2.90 bits per heavy atom. The lowest BCUT2D eigenvalue weighted by Gasteiger charge is -2.30. The van der Waals surface area contributed by atoms with Crippen molar-refractivity contribution in [2.75, 3.05) is 46.9 Å². The van der Waals surface area contributed by atoms with Gasteiger partial charge < -0.3 is 9.64 Å². The fourth-order valence-electron chi connectivity index (χ4n) is 4.18. The highest BCUT2D eigenvalue weighted by molar-refractivity contribution is 5.17. The van der Waals surface area contributed by atoms with Gasteiger partial charge in [-0.25, -0.2) is 4.39 Å². The van der Waals surface area contributed by atoms with Gasteiger partial charge in [0.05, 0.1) is 6.61 Å². The third-order valence-electron chi connectivity index (χ3n) is 5.17. The molecule has 0 amide bonds. The minimum absolute atomic E-state index is 0.0876. The first-order chi connectivity index (χ1) is 10.1. The predicted octanol–water partition coefficient (Wildman–Crippen LogP) is 2.23. The van der Waals surface area contributed by atoms with Crippen LogP contribution in [0.1, 0.15) is 12.0 Å². The van der Waals surface area contributed by atoms with E-state index >= 15 is 0 Å². The predicted molar refractivity (Wildman–Crippen MR) is 81.6 cm³/mol. The maximum atomic E-state index is 13.8. The minimum Gasteiger partial charge on any atom is -0.384 e. The second-order valence-corrected chi connectivity index (χ2v) is 6.76. The van der Waals surface area contributed by atoms with Crippen molar-refractivity contribution in [2.24, 2.45) is 11.3 Å². The summed E-state index contributed by atoms with van der Waals surface area (Å²) in [5.74, 6) is 0.508. The number of hydrogen-bond acceptors (Lipinski definition) is 3. The van der Waals surface area contributed by atoms with Crippen molar-refractivity contribution in [3.8, 4) is 0 Å². The quantitative estimate of drug-likeness (QED) is 0.846. The van der Waals surface area contributed by atoms with E-state index in [1.54, 1.807) is 19.2 Å². The van der Waals surface area contributed by atoms with Gasteiger partial charge in [-0.15, -0.1) is 0 Å². The van der Waals surface area contributed by atoms with Gasteiger partial charge in [0.1, 0.15) is 5.82 Å². The largest absolute Gasteiger partial charge is 0.384 e. The zero-order chi connectivity index (χ0) is 14.9. The zero-order valence-electron chi connectivity index (χ0n) is 13.0. The molecular weight excluding hydrogens is 267 g/mol. The monoisotopic (exact) mass is 292 g/mol. The fraction of sp³-hybridized carbons (Fsp3) is 0.647. The van der Waals surface area contributed by atoms with Crippen LogP contribution in [-0.4, -0.2) is 56.7 Å². The van der Waals surface area contributed by atoms with E-state index in [-0.39, 0.29) is 5.82 Å². The molecule has 116 valence electrons. The molecule has 21 heavy (non-hydrogen) atoms. The summed E-state index contributed by atoms with van der Waals surface area (Å²) in [7, 11) is 3.98. The standard InChI is InChI=1S/C17H25FN2O/c1-19-10-15(11-21-2)17(12-19)7-8-20(13-17)9-14-5-3-4-6-16(14)18/h3-6,15H,7-13H2,1-2H3/t15-,17-/m1/s1. The van der Waals surface area contributed by atoms with Crippen molar-refractivity contribution in [3.63, 3.8) is 0 Å². The van der Waals surface area contributed by atoms with Crippen molar-refractivity contribution in [3.05, 3.63) is 35.6 Å². The summed E-state index contributed by atoms with van der Waals surface area (Å²) in [5, 5.41) is 0. The summed E-state index contributed by atoms with van der Waals surface area (Å²) in [6, 6.07) is 7.12. The second-order valence-electron chi connectivity index (χ2n) is 6.76. The average Bonchev–Trinajstić information content (AvgIpc) is 2.98. The maximum absolute atomic E-state index is 13.8. The van der Waals surface area contributed by atoms with Crippen LogP contribution in [0, 0.1) is 17.2 Å². The molecule has 0 unspecified atom stereocenters. The maximum Gasteiger partial charge on any atom is 0.127 e. The van der Waals surface area contributed by atoms with Gasteiger partial charge in [0.15, 0.2) is 0 Å². The molecule has 4 heteroatoms. The van der Waals surface area contributed by atoms with E-state index in [1.165, 1.54) is 6.42 Å². The summed E-state index contributed by atoms with van der Waals surface area (Å²) in [5.41, 5.74) is 1.14. The summed E-state index contributed by atoms with van der Waals surface area (Å²) < 4.78 is 19.2. The Morgan fingerprint density at radius 2 is 2.14 bits per heavy atom. The van der Waals surface area contributed by atoms with Crippen LogP contribution < -0.4 is 0 Å². The number of hydrogen-bond donors (Lipinski definition) is 0. The van der Waals surface area contributed by atoms with Crippen LogP contribution in [0.15, 0.2) is 24.3 Å². The molecule has 0 bridgehead atoms. The number of nitrogens with zero attached hydrogens (tertiary/aromatic N) is 2. The molecule has 0 saturated carbocycles. The number of ether oxygens (including phenoxy) is 1. The van der Waals surface area contributed by atoms with E-state index in [4.69, 9.17) is 4.74 Å². The lowest BCUT2D eigenvalue weighted by atomic mass is 9.77. The topological polar surface area (TPSA) is 15.7 Å². The van der Waals surface area contributed by atoms with Gasteiger partial charge in [-0.2, -0.15) is 0 Å². The Morgan fingerprint density at radius 1 is 1.33 bits per heavy atom. The molecule has 1 spiro atoms. The molecule has 2 heterocycles. The number of benzene rings is 1. The third-order valence-corrected chi connectivity index (χ3v) is 5.17. The highest BCUT2D eigenvalue weighted by Gasteiger charge is 2.49. The van der Waals surface area contributed by atoms with E-state index in [0.717, 1.165) is 44.9 Å². The number of methoxy groups -OCH3 is 1. The number of halogens is 1. The SMILES string of the molecule is COC[C@H]1CN(C)C[C@@]12CCN(Cc1ccccc1F)C2. The first-order valence-corrected chi connectivity index (χ1v) is 7.76. The first-order valence-electron chi connectivity index (χ1n) is 7.76. The van der Waals surface area contributed by atoms with Crippen LogP contribution in [-0.2, 0) is 11.3 Å². The Labute approximate surface area is 126 Å². The average molecular weight is 292 g/mol. The highest BCUT2D eigenvalue weighted by Crippen LogP contribution is 2.43. The minimum atomic E-state index is -0.0876. The summed E-state index contributed by atoms with van der Waals surface area (Å²) >= 11 is 0. The molecular formula is C17H25FN2O. The molecule has 0 aromatic heterocycles. The van der Waals surface area contributed by atoms with Crippen LogP contribution in [0.4, 0.5) is 4.39 Å². The first kappa shape index (κ1) is 14.9. The van der Waals surface area contributed by atoms with Gasteiger partial charge in [0.2, 0.25) is 0 Å². The van der Waals surface area contributed by atoms with Crippen LogP contribution in [0.3, 0.4) is 0 Å².